The van der Waals surface area contributed by atoms with Crippen LogP contribution in [0.5, 0.6) is 11.5 Å². The van der Waals surface area contributed by atoms with Gasteiger partial charge in [-0.3, -0.25) is 4.90 Å². The molecule has 2 N–H and O–H groups in total. The lowest BCUT2D eigenvalue weighted by Gasteiger charge is -2.41. The van der Waals surface area contributed by atoms with Crippen LogP contribution in [0.25, 0.3) is 0 Å². The average Bonchev–Trinajstić information content (AvgIpc) is 2.77. The number of amides is 2. The van der Waals surface area contributed by atoms with Crippen LogP contribution in [0.4, 0.5) is 4.79 Å². The molecule has 2 atom stereocenters. The molecular formula is C24H33N3O3. The summed E-state index contributed by atoms with van der Waals surface area (Å²) >= 11 is 0. The highest BCUT2D eigenvalue weighted by Gasteiger charge is 2.33. The number of fused-ring (bicyclic) bond motifs is 1. The van der Waals surface area contributed by atoms with Gasteiger partial charge in [0.15, 0.2) is 11.5 Å². The zero-order chi connectivity index (χ0) is 21.5. The Morgan fingerprint density at radius 2 is 1.87 bits per heavy atom. The molecule has 2 amide bonds. The van der Waals surface area contributed by atoms with E-state index < -0.39 is 0 Å². The Labute approximate surface area is 179 Å². The third-order valence-corrected chi connectivity index (χ3v) is 5.62. The lowest BCUT2D eigenvalue weighted by Crippen LogP contribution is -2.49. The van der Waals surface area contributed by atoms with Crippen LogP contribution in [0.2, 0.25) is 0 Å². The van der Waals surface area contributed by atoms with Crippen molar-refractivity contribution in [3.8, 4) is 11.5 Å². The van der Waals surface area contributed by atoms with Crippen molar-refractivity contribution < 1.29 is 14.3 Å². The summed E-state index contributed by atoms with van der Waals surface area (Å²) in [6.07, 6.45) is 1.83. The molecule has 0 bridgehead atoms. The van der Waals surface area contributed by atoms with Gasteiger partial charge in [0, 0.05) is 25.7 Å². The average molecular weight is 412 g/mol. The molecule has 0 spiro atoms. The van der Waals surface area contributed by atoms with E-state index in [-0.39, 0.29) is 18.1 Å². The Morgan fingerprint density at radius 1 is 1.17 bits per heavy atom. The fraction of sp³-hybridized carbons (Fsp3) is 0.458. The SMILES string of the molecule is CCCNC(=O)N[C@@H](C)[C@H]1c2cc(OC)c(OC)cc2CCN1Cc1ccccc1. The number of benzene rings is 2. The van der Waals surface area contributed by atoms with E-state index in [9.17, 15) is 4.79 Å². The molecule has 30 heavy (non-hydrogen) atoms. The van der Waals surface area contributed by atoms with Crippen LogP contribution in [-0.4, -0.2) is 44.3 Å². The van der Waals surface area contributed by atoms with Crippen LogP contribution in [0.15, 0.2) is 42.5 Å². The molecule has 1 aliphatic heterocycles. The molecule has 162 valence electrons. The van der Waals surface area contributed by atoms with Gasteiger partial charge in [-0.05, 0) is 48.6 Å². The van der Waals surface area contributed by atoms with Gasteiger partial charge in [0.25, 0.3) is 0 Å². The zero-order valence-corrected chi connectivity index (χ0v) is 18.4. The van der Waals surface area contributed by atoms with E-state index in [1.165, 1.54) is 16.7 Å². The molecule has 1 aliphatic rings. The first-order valence-electron chi connectivity index (χ1n) is 10.6. The third kappa shape index (κ3) is 5.05. The van der Waals surface area contributed by atoms with Crippen LogP contribution in [0.3, 0.4) is 0 Å². The molecule has 0 saturated heterocycles. The molecule has 3 rings (SSSR count). The topological polar surface area (TPSA) is 62.8 Å². The van der Waals surface area contributed by atoms with Crippen molar-refractivity contribution in [1.82, 2.24) is 15.5 Å². The van der Waals surface area contributed by atoms with Gasteiger partial charge in [0.2, 0.25) is 0 Å². The van der Waals surface area contributed by atoms with Crippen molar-refractivity contribution >= 4 is 6.03 Å². The lowest BCUT2D eigenvalue weighted by molar-refractivity contribution is 0.143. The van der Waals surface area contributed by atoms with Crippen molar-refractivity contribution in [1.29, 1.82) is 0 Å². The molecule has 2 aromatic rings. The molecule has 0 radical (unpaired) electrons. The number of carbonyl (C=O) groups is 1. The fourth-order valence-electron chi connectivity index (χ4n) is 4.18. The predicted octanol–water partition coefficient (Wildman–Crippen LogP) is 3.90. The normalized spacial score (nSPS) is 17.0. The number of hydrogen-bond acceptors (Lipinski definition) is 4. The van der Waals surface area contributed by atoms with Gasteiger partial charge < -0.3 is 20.1 Å². The van der Waals surface area contributed by atoms with Gasteiger partial charge in [0.05, 0.1) is 20.3 Å². The lowest BCUT2D eigenvalue weighted by atomic mass is 9.87. The molecule has 1 heterocycles. The van der Waals surface area contributed by atoms with Gasteiger partial charge in [-0.25, -0.2) is 4.79 Å². The van der Waals surface area contributed by atoms with Crippen LogP contribution < -0.4 is 20.1 Å². The number of hydrogen-bond donors (Lipinski definition) is 2. The second-order valence-corrected chi connectivity index (χ2v) is 7.75. The second kappa shape index (κ2) is 10.3. The number of rotatable bonds is 8. The molecule has 0 fully saturated rings. The number of urea groups is 1. The van der Waals surface area contributed by atoms with E-state index >= 15 is 0 Å². The summed E-state index contributed by atoms with van der Waals surface area (Å²) in [6.45, 7) is 6.51. The van der Waals surface area contributed by atoms with Crippen molar-refractivity contribution in [2.45, 2.75) is 45.3 Å². The minimum Gasteiger partial charge on any atom is -0.493 e. The first kappa shape index (κ1) is 22.0. The Balaban J connectivity index is 1.93. The number of carbonyl (C=O) groups excluding carboxylic acids is 1. The molecule has 0 aliphatic carbocycles. The smallest absolute Gasteiger partial charge is 0.315 e. The summed E-state index contributed by atoms with van der Waals surface area (Å²) < 4.78 is 11.1. The Kier molecular flexibility index (Phi) is 7.57. The minimum absolute atomic E-state index is 0.0288. The van der Waals surface area contributed by atoms with Crippen molar-refractivity contribution in [2.24, 2.45) is 0 Å². The predicted molar refractivity (Wildman–Crippen MR) is 119 cm³/mol. The monoisotopic (exact) mass is 411 g/mol. The Hall–Kier alpha value is -2.73. The molecule has 0 aromatic heterocycles. The van der Waals surface area contributed by atoms with Gasteiger partial charge in [-0.15, -0.1) is 0 Å². The number of nitrogens with one attached hydrogen (secondary N) is 2. The maximum absolute atomic E-state index is 12.4. The number of ether oxygens (including phenoxy) is 2. The summed E-state index contributed by atoms with van der Waals surface area (Å²) in [5.74, 6) is 1.46. The van der Waals surface area contributed by atoms with Gasteiger partial charge >= 0.3 is 6.03 Å². The summed E-state index contributed by atoms with van der Waals surface area (Å²) in [7, 11) is 3.32. The molecule has 6 nitrogen and oxygen atoms in total. The summed E-state index contributed by atoms with van der Waals surface area (Å²) in [5, 5.41) is 6.06. The highest BCUT2D eigenvalue weighted by molar-refractivity contribution is 5.74. The van der Waals surface area contributed by atoms with Crippen LogP contribution in [0, 0.1) is 0 Å². The van der Waals surface area contributed by atoms with E-state index in [0.29, 0.717) is 12.3 Å². The first-order chi connectivity index (χ1) is 14.6. The van der Waals surface area contributed by atoms with Crippen molar-refractivity contribution in [3.05, 3.63) is 59.2 Å². The quantitative estimate of drug-likeness (QED) is 0.692. The highest BCUT2D eigenvalue weighted by atomic mass is 16.5. The van der Waals surface area contributed by atoms with Gasteiger partial charge in [-0.2, -0.15) is 0 Å². The fourth-order valence-corrected chi connectivity index (χ4v) is 4.18. The van der Waals surface area contributed by atoms with E-state index in [0.717, 1.165) is 31.7 Å². The standard InChI is InChI=1S/C24H33N3O3/c1-5-12-25-24(28)26-17(2)23-20-15-22(30-4)21(29-3)14-19(20)11-13-27(23)16-18-9-7-6-8-10-18/h6-10,14-15,17,23H,5,11-13,16H2,1-4H3,(H2,25,26,28)/t17-,23-/m0/s1. The van der Waals surface area contributed by atoms with Crippen molar-refractivity contribution in [3.63, 3.8) is 0 Å². The first-order valence-corrected chi connectivity index (χ1v) is 10.6. The van der Waals surface area contributed by atoms with Crippen molar-refractivity contribution in [2.75, 3.05) is 27.3 Å². The van der Waals surface area contributed by atoms with E-state index in [1.807, 2.05) is 13.0 Å². The second-order valence-electron chi connectivity index (χ2n) is 7.75. The third-order valence-electron chi connectivity index (χ3n) is 5.62. The molecular weight excluding hydrogens is 378 g/mol. The Morgan fingerprint density at radius 3 is 2.53 bits per heavy atom. The van der Waals surface area contributed by atoms with E-state index in [2.05, 4.69) is 58.9 Å². The largest absolute Gasteiger partial charge is 0.493 e. The maximum Gasteiger partial charge on any atom is 0.315 e. The number of methoxy groups -OCH3 is 2. The molecule has 0 saturated carbocycles. The Bertz CT molecular complexity index is 841. The summed E-state index contributed by atoms with van der Waals surface area (Å²) in [6, 6.07) is 14.4. The molecule has 2 aromatic carbocycles. The molecule has 6 heteroatoms. The maximum atomic E-state index is 12.4. The van der Waals surface area contributed by atoms with Gasteiger partial charge in [-0.1, -0.05) is 37.3 Å². The molecule has 0 unspecified atom stereocenters. The minimum atomic E-state index is -0.128. The summed E-state index contributed by atoms with van der Waals surface area (Å²) in [5.41, 5.74) is 3.68. The van der Waals surface area contributed by atoms with Crippen LogP contribution in [-0.2, 0) is 13.0 Å². The van der Waals surface area contributed by atoms with Crippen LogP contribution in [0.1, 0.15) is 43.0 Å². The number of nitrogens with zero attached hydrogens (tertiary/aromatic N) is 1. The van der Waals surface area contributed by atoms with E-state index in [4.69, 9.17) is 9.47 Å². The van der Waals surface area contributed by atoms with Crippen LogP contribution >= 0.6 is 0 Å². The highest BCUT2D eigenvalue weighted by Crippen LogP contribution is 2.40. The summed E-state index contributed by atoms with van der Waals surface area (Å²) in [4.78, 5) is 14.8. The van der Waals surface area contributed by atoms with E-state index in [1.54, 1.807) is 14.2 Å². The van der Waals surface area contributed by atoms with Gasteiger partial charge in [0.1, 0.15) is 0 Å². The zero-order valence-electron chi connectivity index (χ0n) is 18.4.